The van der Waals surface area contributed by atoms with E-state index in [1.165, 1.54) is 24.8 Å². The van der Waals surface area contributed by atoms with E-state index in [0.717, 1.165) is 38.2 Å². The molecule has 1 aliphatic carbocycles. The van der Waals surface area contributed by atoms with Crippen LogP contribution in [0.1, 0.15) is 57.9 Å². The third kappa shape index (κ3) is 5.00. The fourth-order valence-electron chi connectivity index (χ4n) is 3.14. The van der Waals surface area contributed by atoms with Crippen LogP contribution in [0.4, 0.5) is 5.82 Å². The third-order valence-corrected chi connectivity index (χ3v) is 4.51. The average Bonchev–Trinajstić information content (AvgIpc) is 2.55. The summed E-state index contributed by atoms with van der Waals surface area (Å²) in [6.45, 7) is 6.18. The van der Waals surface area contributed by atoms with Gasteiger partial charge in [-0.2, -0.15) is 0 Å². The quantitative estimate of drug-likeness (QED) is 0.840. The first-order valence-electron chi connectivity index (χ1n) is 8.72. The number of aromatic nitrogens is 1. The molecule has 122 valence electrons. The van der Waals surface area contributed by atoms with E-state index in [4.69, 9.17) is 0 Å². The number of amides is 1. The molecule has 1 fully saturated rings. The summed E-state index contributed by atoms with van der Waals surface area (Å²) in [6.07, 6.45) is 9.32. The minimum Gasteiger partial charge on any atom is -0.357 e. The molecule has 1 N–H and O–H groups in total. The van der Waals surface area contributed by atoms with Gasteiger partial charge in [-0.25, -0.2) is 4.98 Å². The second kappa shape index (κ2) is 8.76. The fourth-order valence-corrected chi connectivity index (χ4v) is 3.14. The predicted molar refractivity (Wildman–Crippen MR) is 91.1 cm³/mol. The Hall–Kier alpha value is -1.58. The Labute approximate surface area is 134 Å². The molecule has 1 heterocycles. The molecule has 1 aromatic rings. The lowest BCUT2D eigenvalue weighted by Gasteiger charge is -2.23. The Morgan fingerprint density at radius 1 is 1.27 bits per heavy atom. The summed E-state index contributed by atoms with van der Waals surface area (Å²) in [4.78, 5) is 18.7. The molecular weight excluding hydrogens is 274 g/mol. The fraction of sp³-hybridized carbons (Fsp3) is 0.667. The van der Waals surface area contributed by atoms with Crippen molar-refractivity contribution in [2.75, 3.05) is 18.0 Å². The maximum Gasteiger partial charge on any atom is 0.220 e. The van der Waals surface area contributed by atoms with Gasteiger partial charge in [0.1, 0.15) is 5.82 Å². The first-order chi connectivity index (χ1) is 10.7. The highest BCUT2D eigenvalue weighted by atomic mass is 16.1. The van der Waals surface area contributed by atoms with Gasteiger partial charge in [0, 0.05) is 31.7 Å². The summed E-state index contributed by atoms with van der Waals surface area (Å²) in [5.41, 5.74) is 1.19. The van der Waals surface area contributed by atoms with E-state index < -0.39 is 0 Å². The molecule has 0 spiro atoms. The van der Waals surface area contributed by atoms with Crippen molar-refractivity contribution < 1.29 is 4.79 Å². The maximum atomic E-state index is 12.1. The molecule has 0 radical (unpaired) electrons. The van der Waals surface area contributed by atoms with Gasteiger partial charge in [0.05, 0.1) is 0 Å². The van der Waals surface area contributed by atoms with E-state index in [2.05, 4.69) is 35.1 Å². The van der Waals surface area contributed by atoms with Crippen LogP contribution in [0, 0.1) is 0 Å². The average molecular weight is 303 g/mol. The van der Waals surface area contributed by atoms with Crippen LogP contribution >= 0.6 is 0 Å². The van der Waals surface area contributed by atoms with Crippen LogP contribution < -0.4 is 10.2 Å². The van der Waals surface area contributed by atoms with E-state index in [1.807, 2.05) is 12.3 Å². The molecule has 1 amide bonds. The summed E-state index contributed by atoms with van der Waals surface area (Å²) in [7, 11) is 0. The van der Waals surface area contributed by atoms with Crippen molar-refractivity contribution in [2.45, 2.75) is 64.8 Å². The van der Waals surface area contributed by atoms with E-state index in [9.17, 15) is 4.79 Å². The van der Waals surface area contributed by atoms with E-state index in [-0.39, 0.29) is 5.91 Å². The van der Waals surface area contributed by atoms with Crippen molar-refractivity contribution >= 4 is 11.7 Å². The lowest BCUT2D eigenvalue weighted by Crippen LogP contribution is -2.36. The number of nitrogens with one attached hydrogen (secondary N) is 1. The van der Waals surface area contributed by atoms with Crippen LogP contribution in [0.15, 0.2) is 18.3 Å². The number of carbonyl (C=O) groups is 1. The van der Waals surface area contributed by atoms with Crippen molar-refractivity contribution in [2.24, 2.45) is 0 Å². The SMILES string of the molecule is CCN(CC)c1cc(CCC(=O)NC2CCCCC2)ccn1. The van der Waals surface area contributed by atoms with Crippen LogP contribution in [0.2, 0.25) is 0 Å². The van der Waals surface area contributed by atoms with Crippen LogP contribution in [-0.4, -0.2) is 30.0 Å². The van der Waals surface area contributed by atoms with E-state index in [0.29, 0.717) is 12.5 Å². The van der Waals surface area contributed by atoms with Gasteiger partial charge in [0.15, 0.2) is 0 Å². The summed E-state index contributed by atoms with van der Waals surface area (Å²) in [6, 6.07) is 4.53. The van der Waals surface area contributed by atoms with Gasteiger partial charge in [-0.05, 0) is 50.8 Å². The Morgan fingerprint density at radius 2 is 2.00 bits per heavy atom. The molecule has 0 aliphatic heterocycles. The topological polar surface area (TPSA) is 45.2 Å². The lowest BCUT2D eigenvalue weighted by atomic mass is 9.95. The van der Waals surface area contributed by atoms with Crippen molar-refractivity contribution in [1.29, 1.82) is 0 Å². The van der Waals surface area contributed by atoms with E-state index >= 15 is 0 Å². The highest BCUT2D eigenvalue weighted by molar-refractivity contribution is 5.76. The van der Waals surface area contributed by atoms with Crippen LogP contribution in [-0.2, 0) is 11.2 Å². The number of pyridine rings is 1. The first-order valence-corrected chi connectivity index (χ1v) is 8.72. The number of anilines is 1. The third-order valence-electron chi connectivity index (χ3n) is 4.51. The molecule has 0 saturated heterocycles. The number of nitrogens with zero attached hydrogens (tertiary/aromatic N) is 2. The zero-order valence-corrected chi connectivity index (χ0v) is 14.0. The summed E-state index contributed by atoms with van der Waals surface area (Å²) in [5.74, 6) is 1.20. The molecule has 4 nitrogen and oxygen atoms in total. The standard InChI is InChI=1S/C18H29N3O/c1-3-21(4-2)17-14-15(12-13-19-17)10-11-18(22)20-16-8-6-5-7-9-16/h12-14,16H,3-11H2,1-2H3,(H,20,22). The van der Waals surface area contributed by atoms with Crippen molar-refractivity contribution in [3.8, 4) is 0 Å². The predicted octanol–water partition coefficient (Wildman–Crippen LogP) is 3.31. The van der Waals surface area contributed by atoms with Crippen molar-refractivity contribution in [1.82, 2.24) is 10.3 Å². The second-order valence-corrected chi connectivity index (χ2v) is 6.10. The minimum atomic E-state index is 0.188. The Balaban J connectivity index is 1.82. The lowest BCUT2D eigenvalue weighted by molar-refractivity contribution is -0.121. The molecule has 1 aliphatic rings. The molecule has 0 aromatic carbocycles. The molecule has 22 heavy (non-hydrogen) atoms. The number of rotatable bonds is 7. The van der Waals surface area contributed by atoms with Crippen LogP contribution in [0.5, 0.6) is 0 Å². The smallest absolute Gasteiger partial charge is 0.220 e. The number of hydrogen-bond donors (Lipinski definition) is 1. The van der Waals surface area contributed by atoms with Crippen LogP contribution in [0.25, 0.3) is 0 Å². The molecule has 1 saturated carbocycles. The van der Waals surface area contributed by atoms with Gasteiger partial charge in [0.2, 0.25) is 5.91 Å². The second-order valence-electron chi connectivity index (χ2n) is 6.10. The number of aryl methyl sites for hydroxylation is 1. The van der Waals surface area contributed by atoms with Gasteiger partial charge in [0.25, 0.3) is 0 Å². The highest BCUT2D eigenvalue weighted by Crippen LogP contribution is 2.18. The molecule has 0 bridgehead atoms. The number of hydrogen-bond acceptors (Lipinski definition) is 3. The Kier molecular flexibility index (Phi) is 6.69. The highest BCUT2D eigenvalue weighted by Gasteiger charge is 2.15. The molecule has 0 atom stereocenters. The van der Waals surface area contributed by atoms with Gasteiger partial charge >= 0.3 is 0 Å². The van der Waals surface area contributed by atoms with Crippen molar-refractivity contribution in [3.05, 3.63) is 23.9 Å². The van der Waals surface area contributed by atoms with Crippen molar-refractivity contribution in [3.63, 3.8) is 0 Å². The normalized spacial score (nSPS) is 15.5. The van der Waals surface area contributed by atoms with E-state index in [1.54, 1.807) is 0 Å². The zero-order chi connectivity index (χ0) is 15.8. The Bertz CT molecular complexity index is 465. The first kappa shape index (κ1) is 16.8. The van der Waals surface area contributed by atoms with Gasteiger partial charge in [-0.15, -0.1) is 0 Å². The molecular formula is C18H29N3O. The summed E-state index contributed by atoms with van der Waals surface area (Å²) >= 11 is 0. The molecule has 2 rings (SSSR count). The summed E-state index contributed by atoms with van der Waals surface area (Å²) < 4.78 is 0. The Morgan fingerprint density at radius 3 is 2.68 bits per heavy atom. The van der Waals surface area contributed by atoms with Gasteiger partial charge in [-0.1, -0.05) is 19.3 Å². The minimum absolute atomic E-state index is 0.188. The van der Waals surface area contributed by atoms with Crippen LogP contribution in [0.3, 0.4) is 0 Å². The number of carbonyl (C=O) groups excluding carboxylic acids is 1. The molecule has 4 heteroatoms. The zero-order valence-electron chi connectivity index (χ0n) is 14.0. The van der Waals surface area contributed by atoms with Gasteiger partial charge < -0.3 is 10.2 Å². The maximum absolute atomic E-state index is 12.1. The summed E-state index contributed by atoms with van der Waals surface area (Å²) in [5, 5.41) is 3.18. The largest absolute Gasteiger partial charge is 0.357 e. The van der Waals surface area contributed by atoms with Gasteiger partial charge in [-0.3, -0.25) is 4.79 Å². The monoisotopic (exact) mass is 303 g/mol. The molecule has 1 aromatic heterocycles. The molecule has 0 unspecified atom stereocenters.